The van der Waals surface area contributed by atoms with Gasteiger partial charge in [-0.15, -0.1) is 0 Å². The van der Waals surface area contributed by atoms with E-state index in [-0.39, 0.29) is 35.1 Å². The molecular formula is C29H28ClN5O6S. The van der Waals surface area contributed by atoms with E-state index in [1.165, 1.54) is 12.1 Å². The number of nitrogens with zero attached hydrogens (tertiary/aromatic N) is 4. The van der Waals surface area contributed by atoms with E-state index < -0.39 is 22.0 Å². The number of nitrogens with one attached hydrogen (secondary N) is 1. The zero-order chi connectivity index (χ0) is 29.2. The summed E-state index contributed by atoms with van der Waals surface area (Å²) < 4.78 is 33.2. The van der Waals surface area contributed by atoms with Gasteiger partial charge in [0.15, 0.2) is 0 Å². The molecule has 1 unspecified atom stereocenters. The van der Waals surface area contributed by atoms with Crippen LogP contribution in [0.1, 0.15) is 52.7 Å². The van der Waals surface area contributed by atoms with Gasteiger partial charge in [-0.05, 0) is 56.6 Å². The SMILES string of the molecule is O=C1CCC(N2Cc3c(ccc4c3OCC43CCN(Cc4cnn(S(=O)(=O)c5cccc(Cl)c5)c4)CC3)C2=O)C(=O)N1. The van der Waals surface area contributed by atoms with E-state index in [4.69, 9.17) is 16.3 Å². The number of halogens is 1. The number of imide groups is 1. The van der Waals surface area contributed by atoms with Crippen LogP contribution in [0.25, 0.3) is 0 Å². The van der Waals surface area contributed by atoms with E-state index in [1.807, 2.05) is 12.1 Å². The second-order valence-corrected chi connectivity index (χ2v) is 13.6. The number of rotatable bonds is 5. The first-order valence-corrected chi connectivity index (χ1v) is 15.7. The largest absolute Gasteiger partial charge is 0.492 e. The number of fused-ring (bicyclic) bond motifs is 4. The van der Waals surface area contributed by atoms with Crippen molar-refractivity contribution in [1.29, 1.82) is 0 Å². The first-order valence-electron chi connectivity index (χ1n) is 13.9. The van der Waals surface area contributed by atoms with E-state index in [2.05, 4.69) is 15.3 Å². The Kier molecular flexibility index (Phi) is 6.41. The summed E-state index contributed by atoms with van der Waals surface area (Å²) >= 11 is 5.99. The maximum atomic E-state index is 13.2. The molecule has 4 aliphatic rings. The van der Waals surface area contributed by atoms with Gasteiger partial charge in [-0.3, -0.25) is 24.6 Å². The Morgan fingerprint density at radius 3 is 2.69 bits per heavy atom. The van der Waals surface area contributed by atoms with Crippen LogP contribution < -0.4 is 10.1 Å². The van der Waals surface area contributed by atoms with Crippen LogP contribution in [0.2, 0.25) is 5.02 Å². The molecular weight excluding hydrogens is 582 g/mol. The van der Waals surface area contributed by atoms with Crippen LogP contribution in [-0.4, -0.2) is 70.9 Å². The van der Waals surface area contributed by atoms with Crippen molar-refractivity contribution < 1.29 is 27.5 Å². The minimum absolute atomic E-state index is 0.0814. The Hall–Kier alpha value is -3.74. The molecule has 1 N–H and O–H groups in total. The molecule has 2 saturated heterocycles. The number of aromatic nitrogens is 2. The number of likely N-dealkylation sites (tertiary alicyclic amines) is 1. The summed E-state index contributed by atoms with van der Waals surface area (Å²) in [6.07, 6.45) is 5.34. The lowest BCUT2D eigenvalue weighted by molar-refractivity contribution is -0.136. The molecule has 7 rings (SSSR count). The van der Waals surface area contributed by atoms with Crippen molar-refractivity contribution in [3.8, 4) is 5.75 Å². The fraction of sp³-hybridized carbons (Fsp3) is 0.379. The van der Waals surface area contributed by atoms with E-state index in [0.29, 0.717) is 30.2 Å². The number of benzene rings is 2. The molecule has 0 saturated carbocycles. The van der Waals surface area contributed by atoms with Gasteiger partial charge in [0, 0.05) is 51.9 Å². The number of carbonyl (C=O) groups is 3. The highest BCUT2D eigenvalue weighted by Crippen LogP contribution is 2.49. The third kappa shape index (κ3) is 4.40. The predicted molar refractivity (Wildman–Crippen MR) is 150 cm³/mol. The maximum absolute atomic E-state index is 13.2. The van der Waals surface area contributed by atoms with E-state index in [1.54, 1.807) is 29.4 Å². The first kappa shape index (κ1) is 27.1. The monoisotopic (exact) mass is 609 g/mol. The molecule has 11 nitrogen and oxygen atoms in total. The van der Waals surface area contributed by atoms with Crippen LogP contribution in [0.15, 0.2) is 53.7 Å². The van der Waals surface area contributed by atoms with Crippen molar-refractivity contribution in [1.82, 2.24) is 24.3 Å². The molecule has 42 heavy (non-hydrogen) atoms. The molecule has 3 amide bonds. The summed E-state index contributed by atoms with van der Waals surface area (Å²) in [5, 5.41) is 6.80. The summed E-state index contributed by atoms with van der Waals surface area (Å²) in [4.78, 5) is 41.2. The third-order valence-electron chi connectivity index (χ3n) is 8.90. The minimum atomic E-state index is -3.84. The van der Waals surface area contributed by atoms with Crippen molar-refractivity contribution >= 4 is 39.3 Å². The topological polar surface area (TPSA) is 131 Å². The summed E-state index contributed by atoms with van der Waals surface area (Å²) in [5.41, 5.74) is 3.09. The van der Waals surface area contributed by atoms with Crippen molar-refractivity contribution in [2.45, 2.75) is 55.1 Å². The van der Waals surface area contributed by atoms with Gasteiger partial charge in [-0.25, -0.2) is 0 Å². The number of hydrogen-bond donors (Lipinski definition) is 1. The predicted octanol–water partition coefficient (Wildman–Crippen LogP) is 2.46. The van der Waals surface area contributed by atoms with Gasteiger partial charge in [0.2, 0.25) is 11.8 Å². The summed E-state index contributed by atoms with van der Waals surface area (Å²) in [5.74, 6) is -0.202. The normalized spacial score (nSPS) is 21.8. The summed E-state index contributed by atoms with van der Waals surface area (Å²) in [7, 11) is -3.84. The molecule has 0 bridgehead atoms. The molecule has 2 fully saturated rings. The average molecular weight is 610 g/mol. The fourth-order valence-electron chi connectivity index (χ4n) is 6.58. The lowest BCUT2D eigenvalue weighted by Crippen LogP contribution is -2.52. The fourth-order valence-corrected chi connectivity index (χ4v) is 8.03. The van der Waals surface area contributed by atoms with Crippen LogP contribution in [0.3, 0.4) is 0 Å². The quantitative estimate of drug-likeness (QED) is 0.437. The van der Waals surface area contributed by atoms with Gasteiger partial charge >= 0.3 is 0 Å². The zero-order valence-corrected chi connectivity index (χ0v) is 24.2. The van der Waals surface area contributed by atoms with Crippen LogP contribution in [-0.2, 0) is 38.1 Å². The van der Waals surface area contributed by atoms with Gasteiger partial charge in [0.05, 0.1) is 24.2 Å². The van der Waals surface area contributed by atoms with Crippen molar-refractivity contribution in [2.24, 2.45) is 0 Å². The van der Waals surface area contributed by atoms with Crippen molar-refractivity contribution in [3.05, 3.63) is 76.1 Å². The summed E-state index contributed by atoms with van der Waals surface area (Å²) in [6.45, 7) is 2.94. The van der Waals surface area contributed by atoms with E-state index in [9.17, 15) is 22.8 Å². The van der Waals surface area contributed by atoms with E-state index >= 15 is 0 Å². The number of amides is 3. The molecule has 4 aliphatic heterocycles. The van der Waals surface area contributed by atoms with Crippen molar-refractivity contribution in [2.75, 3.05) is 19.7 Å². The van der Waals surface area contributed by atoms with Gasteiger partial charge < -0.3 is 9.64 Å². The molecule has 13 heteroatoms. The zero-order valence-electron chi connectivity index (χ0n) is 22.6. The minimum Gasteiger partial charge on any atom is -0.492 e. The Balaban J connectivity index is 1.04. The Labute approximate surface area is 247 Å². The highest BCUT2D eigenvalue weighted by molar-refractivity contribution is 7.89. The van der Waals surface area contributed by atoms with Crippen LogP contribution in [0.5, 0.6) is 5.75 Å². The highest BCUT2D eigenvalue weighted by Gasteiger charge is 2.47. The lowest BCUT2D eigenvalue weighted by atomic mass is 9.74. The van der Waals surface area contributed by atoms with Crippen LogP contribution in [0, 0.1) is 0 Å². The maximum Gasteiger partial charge on any atom is 0.283 e. The highest BCUT2D eigenvalue weighted by atomic mass is 35.5. The second kappa shape index (κ2) is 9.92. The standard InChI is InChI=1S/C29H28ClN5O6S/c30-19-2-1-3-20(12-19)42(39,40)35-15-18(13-31-35)14-33-10-8-29(9-11-33)17-41-26-22-16-34(24-6-7-25(36)32-27(24)37)28(38)21(22)4-5-23(26)29/h1-5,12-13,15,24H,6-11,14,16-17H2,(H,32,36,37). The Bertz CT molecular complexity index is 1750. The Morgan fingerprint density at radius 2 is 1.93 bits per heavy atom. The van der Waals surface area contributed by atoms with Gasteiger partial charge in [-0.1, -0.05) is 23.7 Å². The van der Waals surface area contributed by atoms with E-state index in [0.717, 1.165) is 52.5 Å². The van der Waals surface area contributed by atoms with Gasteiger partial charge in [-0.2, -0.15) is 17.6 Å². The van der Waals surface area contributed by atoms with Gasteiger partial charge in [0.1, 0.15) is 11.8 Å². The molecule has 0 radical (unpaired) electrons. The first-order chi connectivity index (χ1) is 20.1. The number of ether oxygens (including phenoxy) is 1. The molecule has 218 valence electrons. The third-order valence-corrected chi connectivity index (χ3v) is 10.7. The lowest BCUT2D eigenvalue weighted by Gasteiger charge is -2.38. The van der Waals surface area contributed by atoms with Crippen LogP contribution in [0.4, 0.5) is 0 Å². The number of piperidine rings is 2. The van der Waals surface area contributed by atoms with Crippen LogP contribution >= 0.6 is 11.6 Å². The molecule has 5 heterocycles. The molecule has 1 aromatic heterocycles. The van der Waals surface area contributed by atoms with Crippen molar-refractivity contribution in [3.63, 3.8) is 0 Å². The number of hydrogen-bond acceptors (Lipinski definition) is 8. The molecule has 1 atom stereocenters. The smallest absolute Gasteiger partial charge is 0.283 e. The second-order valence-electron chi connectivity index (χ2n) is 11.4. The summed E-state index contributed by atoms with van der Waals surface area (Å²) in [6, 6.07) is 9.28. The molecule has 1 spiro atoms. The van der Waals surface area contributed by atoms with Gasteiger partial charge in [0.25, 0.3) is 15.9 Å². The molecule has 2 aromatic carbocycles. The molecule has 0 aliphatic carbocycles. The molecule has 3 aromatic rings. The Morgan fingerprint density at radius 1 is 1.12 bits per heavy atom. The number of carbonyl (C=O) groups excluding carboxylic acids is 3. The average Bonchev–Trinajstić information content (AvgIpc) is 3.67.